The molecule has 0 spiro atoms. The number of phenols is 1. The Labute approximate surface area is 116 Å². The van der Waals surface area contributed by atoms with E-state index in [1.165, 1.54) is 0 Å². The fourth-order valence-electron chi connectivity index (χ4n) is 2.00. The minimum Gasteiger partial charge on any atom is -0.508 e. The van der Waals surface area contributed by atoms with Gasteiger partial charge in [0.1, 0.15) is 17.0 Å². The molecular weight excluding hydrogens is 254 g/mol. The van der Waals surface area contributed by atoms with Crippen LogP contribution < -0.4 is 4.74 Å². The van der Waals surface area contributed by atoms with Gasteiger partial charge in [0.25, 0.3) is 0 Å². The molecule has 2 aromatic carbocycles. The van der Waals surface area contributed by atoms with Crippen molar-refractivity contribution in [2.24, 2.45) is 0 Å². The molecule has 3 aromatic rings. The Bertz CT molecular complexity index is 691. The van der Waals surface area contributed by atoms with Gasteiger partial charge in [-0.3, -0.25) is 0 Å². The molecule has 1 heterocycles. The highest BCUT2D eigenvalue weighted by atomic mass is 16.5. The summed E-state index contributed by atoms with van der Waals surface area (Å²) in [6, 6.07) is 14.6. The fourth-order valence-corrected chi connectivity index (χ4v) is 2.00. The summed E-state index contributed by atoms with van der Waals surface area (Å²) in [5, 5.41) is 9.37. The van der Waals surface area contributed by atoms with Gasteiger partial charge in [0, 0.05) is 12.5 Å². The van der Waals surface area contributed by atoms with Crippen molar-refractivity contribution in [1.29, 1.82) is 0 Å². The Morgan fingerprint density at radius 1 is 1.10 bits per heavy atom. The third-order valence-corrected chi connectivity index (χ3v) is 2.96. The molecule has 0 amide bonds. The number of hydrogen-bond donors (Lipinski definition) is 1. The number of aryl methyl sites for hydroxylation is 1. The summed E-state index contributed by atoms with van der Waals surface area (Å²) in [5.41, 5.74) is 1.38. The summed E-state index contributed by atoms with van der Waals surface area (Å²) in [6.45, 7) is 0.619. The predicted octanol–water partition coefficient (Wildman–Crippen LogP) is 3.55. The van der Waals surface area contributed by atoms with Crippen LogP contribution in [-0.2, 0) is 6.42 Å². The molecule has 4 heteroatoms. The molecule has 1 aromatic heterocycles. The first-order valence-corrected chi connectivity index (χ1v) is 6.57. The summed E-state index contributed by atoms with van der Waals surface area (Å²) >= 11 is 0. The van der Waals surface area contributed by atoms with Gasteiger partial charge in [-0.15, -0.1) is 0 Å². The third kappa shape index (κ3) is 2.91. The van der Waals surface area contributed by atoms with Crippen LogP contribution in [0.4, 0.5) is 0 Å². The predicted molar refractivity (Wildman–Crippen MR) is 75.9 cm³/mol. The lowest BCUT2D eigenvalue weighted by molar-refractivity contribution is 0.305. The van der Waals surface area contributed by atoms with E-state index in [9.17, 15) is 5.11 Å². The number of hydrogen-bond acceptors (Lipinski definition) is 4. The van der Waals surface area contributed by atoms with Gasteiger partial charge >= 0.3 is 0 Å². The van der Waals surface area contributed by atoms with Crippen LogP contribution in [0, 0.1) is 0 Å². The maximum absolute atomic E-state index is 9.37. The lowest BCUT2D eigenvalue weighted by Gasteiger charge is -2.03. The zero-order chi connectivity index (χ0) is 13.8. The van der Waals surface area contributed by atoms with Crippen LogP contribution in [0.2, 0.25) is 0 Å². The fraction of sp³-hybridized carbons (Fsp3) is 0.188. The first-order valence-electron chi connectivity index (χ1n) is 6.57. The first kappa shape index (κ1) is 12.5. The highest BCUT2D eigenvalue weighted by Crippen LogP contribution is 2.21. The number of aromatic hydroxyl groups is 1. The maximum atomic E-state index is 9.37. The Morgan fingerprint density at radius 2 is 1.95 bits per heavy atom. The van der Waals surface area contributed by atoms with E-state index in [1.54, 1.807) is 18.2 Å². The van der Waals surface area contributed by atoms with Gasteiger partial charge in [-0.05, 0) is 30.7 Å². The van der Waals surface area contributed by atoms with Crippen molar-refractivity contribution in [1.82, 2.24) is 4.98 Å². The number of phenolic OH excluding ortho intramolecular Hbond substituents is 1. The number of para-hydroxylation sites is 1. The van der Waals surface area contributed by atoms with Gasteiger partial charge in [0.2, 0.25) is 0 Å². The van der Waals surface area contributed by atoms with Crippen LogP contribution in [0.25, 0.3) is 11.1 Å². The van der Waals surface area contributed by atoms with E-state index in [4.69, 9.17) is 9.15 Å². The second kappa shape index (κ2) is 5.65. The van der Waals surface area contributed by atoms with E-state index in [1.807, 2.05) is 30.3 Å². The molecule has 0 saturated carbocycles. The standard InChI is InChI=1S/C16H15NO3/c18-12-8-9-14-15(11-12)20-16(17-14)7-4-10-19-13-5-2-1-3-6-13/h1-3,5-6,8-9,11,18H,4,7,10H2. The number of fused-ring (bicyclic) bond motifs is 1. The van der Waals surface area contributed by atoms with E-state index in [-0.39, 0.29) is 5.75 Å². The molecule has 0 aliphatic heterocycles. The van der Waals surface area contributed by atoms with E-state index in [2.05, 4.69) is 4.98 Å². The largest absolute Gasteiger partial charge is 0.508 e. The summed E-state index contributed by atoms with van der Waals surface area (Å²) in [5.74, 6) is 1.73. The highest BCUT2D eigenvalue weighted by molar-refractivity contribution is 5.74. The van der Waals surface area contributed by atoms with Crippen molar-refractivity contribution in [3.05, 3.63) is 54.4 Å². The molecule has 0 fully saturated rings. The van der Waals surface area contributed by atoms with Crippen LogP contribution in [0.5, 0.6) is 11.5 Å². The average Bonchev–Trinajstić information content (AvgIpc) is 2.86. The molecule has 0 bridgehead atoms. The van der Waals surface area contributed by atoms with Gasteiger partial charge in [0.15, 0.2) is 11.5 Å². The average molecular weight is 269 g/mol. The van der Waals surface area contributed by atoms with Crippen molar-refractivity contribution in [3.63, 3.8) is 0 Å². The molecule has 20 heavy (non-hydrogen) atoms. The number of aromatic nitrogens is 1. The van der Waals surface area contributed by atoms with Gasteiger partial charge in [-0.1, -0.05) is 18.2 Å². The SMILES string of the molecule is Oc1ccc2nc(CCCOc3ccccc3)oc2c1. The summed E-state index contributed by atoms with van der Waals surface area (Å²) in [7, 11) is 0. The zero-order valence-electron chi connectivity index (χ0n) is 11.0. The van der Waals surface area contributed by atoms with Crippen LogP contribution >= 0.6 is 0 Å². The van der Waals surface area contributed by atoms with E-state index in [0.717, 1.165) is 17.7 Å². The van der Waals surface area contributed by atoms with Crippen molar-refractivity contribution >= 4 is 11.1 Å². The molecular formula is C16H15NO3. The first-order chi connectivity index (χ1) is 9.81. The Kier molecular flexibility index (Phi) is 3.54. The number of nitrogens with zero attached hydrogens (tertiary/aromatic N) is 1. The minimum absolute atomic E-state index is 0.188. The van der Waals surface area contributed by atoms with Crippen molar-refractivity contribution in [2.75, 3.05) is 6.61 Å². The van der Waals surface area contributed by atoms with Gasteiger partial charge < -0.3 is 14.3 Å². The minimum atomic E-state index is 0.188. The van der Waals surface area contributed by atoms with Crippen LogP contribution in [-0.4, -0.2) is 16.7 Å². The molecule has 102 valence electrons. The normalized spacial score (nSPS) is 10.8. The third-order valence-electron chi connectivity index (χ3n) is 2.96. The highest BCUT2D eigenvalue weighted by Gasteiger charge is 2.06. The maximum Gasteiger partial charge on any atom is 0.195 e. The molecule has 4 nitrogen and oxygen atoms in total. The zero-order valence-corrected chi connectivity index (χ0v) is 11.0. The molecule has 0 unspecified atom stereocenters. The van der Waals surface area contributed by atoms with Gasteiger partial charge in [0.05, 0.1) is 6.61 Å². The van der Waals surface area contributed by atoms with Crippen LogP contribution in [0.15, 0.2) is 52.9 Å². The monoisotopic (exact) mass is 269 g/mol. The Balaban J connectivity index is 1.55. The summed E-state index contributed by atoms with van der Waals surface area (Å²) in [4.78, 5) is 4.37. The number of ether oxygens (including phenoxy) is 1. The molecule has 0 aliphatic carbocycles. The number of rotatable bonds is 5. The smallest absolute Gasteiger partial charge is 0.195 e. The molecule has 3 rings (SSSR count). The summed E-state index contributed by atoms with van der Waals surface area (Å²) in [6.07, 6.45) is 1.54. The number of benzene rings is 2. The second-order valence-corrected chi connectivity index (χ2v) is 4.52. The quantitative estimate of drug-likeness (QED) is 0.720. The van der Waals surface area contributed by atoms with Gasteiger partial charge in [-0.25, -0.2) is 4.98 Å². The molecule has 1 N–H and O–H groups in total. The lowest BCUT2D eigenvalue weighted by Crippen LogP contribution is -1.99. The Hall–Kier alpha value is -2.49. The summed E-state index contributed by atoms with van der Waals surface area (Å²) < 4.78 is 11.2. The molecule has 0 atom stereocenters. The molecule has 0 aliphatic rings. The molecule has 0 radical (unpaired) electrons. The van der Waals surface area contributed by atoms with Crippen molar-refractivity contribution in [2.45, 2.75) is 12.8 Å². The van der Waals surface area contributed by atoms with Crippen molar-refractivity contribution < 1.29 is 14.3 Å². The van der Waals surface area contributed by atoms with Crippen LogP contribution in [0.1, 0.15) is 12.3 Å². The van der Waals surface area contributed by atoms with Gasteiger partial charge in [-0.2, -0.15) is 0 Å². The van der Waals surface area contributed by atoms with E-state index >= 15 is 0 Å². The van der Waals surface area contributed by atoms with E-state index in [0.29, 0.717) is 24.5 Å². The molecule has 0 saturated heterocycles. The second-order valence-electron chi connectivity index (χ2n) is 4.52. The van der Waals surface area contributed by atoms with Crippen molar-refractivity contribution in [3.8, 4) is 11.5 Å². The lowest BCUT2D eigenvalue weighted by atomic mass is 10.3. The number of oxazole rings is 1. The topological polar surface area (TPSA) is 55.5 Å². The van der Waals surface area contributed by atoms with E-state index < -0.39 is 0 Å². The Morgan fingerprint density at radius 3 is 2.80 bits per heavy atom. The van der Waals surface area contributed by atoms with Crippen LogP contribution in [0.3, 0.4) is 0 Å².